The summed E-state index contributed by atoms with van der Waals surface area (Å²) in [4.78, 5) is 29.7. The minimum Gasteiger partial charge on any atom is -0.352 e. The first-order valence-electron chi connectivity index (χ1n) is 14.2. The van der Waals surface area contributed by atoms with E-state index >= 15 is 0 Å². The van der Waals surface area contributed by atoms with E-state index in [1.807, 2.05) is 75.4 Å². The second kappa shape index (κ2) is 14.8. The van der Waals surface area contributed by atoms with E-state index in [1.165, 1.54) is 35.2 Å². The van der Waals surface area contributed by atoms with Crippen molar-refractivity contribution in [3.8, 4) is 0 Å². The molecule has 0 bridgehead atoms. The lowest BCUT2D eigenvalue weighted by atomic mass is 10.0. The van der Waals surface area contributed by atoms with E-state index in [9.17, 15) is 18.0 Å². The van der Waals surface area contributed by atoms with Gasteiger partial charge in [-0.3, -0.25) is 13.9 Å². The first-order valence-corrected chi connectivity index (χ1v) is 16.4. The molecule has 4 aromatic carbocycles. The zero-order valence-corrected chi connectivity index (χ0v) is 27.1. The molecule has 4 rings (SSSR count). The van der Waals surface area contributed by atoms with Crippen molar-refractivity contribution in [2.75, 3.05) is 10.8 Å². The van der Waals surface area contributed by atoms with Crippen LogP contribution in [0.4, 0.5) is 5.69 Å². The molecule has 44 heavy (non-hydrogen) atoms. The van der Waals surface area contributed by atoms with Gasteiger partial charge >= 0.3 is 0 Å². The highest BCUT2D eigenvalue weighted by atomic mass is 35.5. The van der Waals surface area contributed by atoms with E-state index in [4.69, 9.17) is 23.2 Å². The summed E-state index contributed by atoms with van der Waals surface area (Å²) in [6.45, 7) is 5.12. The Bertz CT molecular complexity index is 1680. The topological polar surface area (TPSA) is 86.8 Å². The predicted molar refractivity (Wildman–Crippen MR) is 176 cm³/mol. The van der Waals surface area contributed by atoms with Gasteiger partial charge in [0.15, 0.2) is 0 Å². The molecular weight excluding hydrogens is 617 g/mol. The number of hydrogen-bond acceptors (Lipinski definition) is 4. The Labute approximate surface area is 269 Å². The van der Waals surface area contributed by atoms with E-state index in [0.29, 0.717) is 0 Å². The average molecular weight is 653 g/mol. The van der Waals surface area contributed by atoms with Crippen LogP contribution in [0.15, 0.2) is 108 Å². The van der Waals surface area contributed by atoms with Crippen molar-refractivity contribution in [3.63, 3.8) is 0 Å². The summed E-state index contributed by atoms with van der Waals surface area (Å²) in [5.74, 6) is -0.905. The van der Waals surface area contributed by atoms with Crippen LogP contribution < -0.4 is 9.62 Å². The second-order valence-corrected chi connectivity index (χ2v) is 13.5. The molecule has 2 amide bonds. The molecule has 0 spiro atoms. The minimum absolute atomic E-state index is 0.00672. The maximum Gasteiger partial charge on any atom is 0.264 e. The summed E-state index contributed by atoms with van der Waals surface area (Å²) in [5, 5.41) is 3.38. The van der Waals surface area contributed by atoms with Gasteiger partial charge in [0.2, 0.25) is 11.8 Å². The molecule has 0 fully saturated rings. The Balaban J connectivity index is 1.83. The smallest absolute Gasteiger partial charge is 0.264 e. The molecule has 1 atom stereocenters. The fourth-order valence-corrected chi connectivity index (χ4v) is 6.77. The van der Waals surface area contributed by atoms with Crippen LogP contribution in [-0.2, 0) is 32.6 Å². The molecule has 10 heteroatoms. The minimum atomic E-state index is -4.25. The van der Waals surface area contributed by atoms with Crippen LogP contribution in [0.1, 0.15) is 30.5 Å². The van der Waals surface area contributed by atoms with Gasteiger partial charge in [0.1, 0.15) is 12.6 Å². The Morgan fingerprint density at radius 3 is 1.98 bits per heavy atom. The van der Waals surface area contributed by atoms with E-state index in [0.717, 1.165) is 21.0 Å². The number of rotatable bonds is 12. The van der Waals surface area contributed by atoms with Crippen LogP contribution in [0.25, 0.3) is 0 Å². The Morgan fingerprint density at radius 2 is 1.39 bits per heavy atom. The fraction of sp³-hybridized carbons (Fsp3) is 0.235. The third-order valence-electron chi connectivity index (χ3n) is 7.05. The van der Waals surface area contributed by atoms with E-state index in [1.54, 1.807) is 18.2 Å². The highest BCUT2D eigenvalue weighted by molar-refractivity contribution is 7.92. The van der Waals surface area contributed by atoms with Gasteiger partial charge in [0, 0.05) is 29.1 Å². The zero-order valence-electron chi connectivity index (χ0n) is 24.8. The highest BCUT2D eigenvalue weighted by Crippen LogP contribution is 2.30. The first kappa shape index (κ1) is 33.1. The highest BCUT2D eigenvalue weighted by Gasteiger charge is 2.35. The molecule has 0 aliphatic rings. The molecule has 0 saturated heterocycles. The summed E-state index contributed by atoms with van der Waals surface area (Å²) in [6, 6.07) is 28.1. The summed E-state index contributed by atoms with van der Waals surface area (Å²) < 4.78 is 29.1. The van der Waals surface area contributed by atoms with Gasteiger partial charge in [-0.2, -0.15) is 0 Å². The molecule has 1 N–H and O–H groups in total. The number of aryl methyl sites for hydroxylation is 1. The first-order chi connectivity index (χ1) is 21.0. The van der Waals surface area contributed by atoms with Crippen molar-refractivity contribution in [2.45, 2.75) is 50.7 Å². The predicted octanol–water partition coefficient (Wildman–Crippen LogP) is 6.66. The normalized spacial score (nSPS) is 12.0. The van der Waals surface area contributed by atoms with Crippen LogP contribution in [0, 0.1) is 6.92 Å². The van der Waals surface area contributed by atoms with E-state index < -0.39 is 28.5 Å². The summed E-state index contributed by atoms with van der Waals surface area (Å²) in [5.41, 5.74) is 2.75. The molecule has 7 nitrogen and oxygen atoms in total. The number of halogens is 2. The number of nitrogens with zero attached hydrogens (tertiary/aromatic N) is 2. The average Bonchev–Trinajstić information content (AvgIpc) is 2.98. The largest absolute Gasteiger partial charge is 0.352 e. The maximum absolute atomic E-state index is 14.5. The Morgan fingerprint density at radius 1 is 0.818 bits per heavy atom. The molecule has 0 heterocycles. The standard InChI is InChI=1S/C34H35Cl2N3O4S/c1-24(2)37-34(41)32(18-26-13-6-4-7-14-26)38(22-27-15-11-10-12-25(27)3)33(40)23-39(30-20-28(35)19-29(36)21-30)44(42,43)31-16-8-5-9-17-31/h4-17,19-21,24,32H,18,22-23H2,1-3H3,(H,37,41). The van der Waals surface area contributed by atoms with Crippen molar-refractivity contribution < 1.29 is 18.0 Å². The van der Waals surface area contributed by atoms with Crippen molar-refractivity contribution in [1.29, 1.82) is 0 Å². The summed E-state index contributed by atoms with van der Waals surface area (Å²) in [6.07, 6.45) is 0.228. The molecular formula is C34H35Cl2N3O4S. The van der Waals surface area contributed by atoms with Gasteiger partial charge < -0.3 is 10.2 Å². The van der Waals surface area contributed by atoms with Crippen LogP contribution in [-0.4, -0.2) is 43.8 Å². The molecule has 1 unspecified atom stereocenters. The lowest BCUT2D eigenvalue weighted by Crippen LogP contribution is -2.54. The fourth-order valence-electron chi connectivity index (χ4n) is 4.84. The number of hydrogen-bond donors (Lipinski definition) is 1. The number of benzene rings is 4. The molecule has 0 aromatic heterocycles. The quantitative estimate of drug-likeness (QED) is 0.186. The van der Waals surface area contributed by atoms with Crippen LogP contribution in [0.3, 0.4) is 0 Å². The van der Waals surface area contributed by atoms with Crippen molar-refractivity contribution >= 4 is 50.7 Å². The Hall–Kier alpha value is -3.85. The van der Waals surface area contributed by atoms with Gasteiger partial charge in [-0.1, -0.05) is 96.0 Å². The lowest BCUT2D eigenvalue weighted by Gasteiger charge is -2.34. The molecule has 0 radical (unpaired) electrons. The number of amides is 2. The lowest BCUT2D eigenvalue weighted by molar-refractivity contribution is -0.140. The number of sulfonamides is 1. The van der Waals surface area contributed by atoms with Gasteiger partial charge in [0.25, 0.3) is 10.0 Å². The second-order valence-electron chi connectivity index (χ2n) is 10.8. The molecule has 230 valence electrons. The van der Waals surface area contributed by atoms with Crippen LogP contribution >= 0.6 is 23.2 Å². The SMILES string of the molecule is Cc1ccccc1CN(C(=O)CN(c1cc(Cl)cc(Cl)c1)S(=O)(=O)c1ccccc1)C(Cc1ccccc1)C(=O)NC(C)C. The third kappa shape index (κ3) is 8.40. The number of carbonyl (C=O) groups is 2. The number of nitrogens with one attached hydrogen (secondary N) is 1. The van der Waals surface area contributed by atoms with Crippen molar-refractivity contribution in [1.82, 2.24) is 10.2 Å². The molecule has 0 aliphatic carbocycles. The molecule has 4 aromatic rings. The van der Waals surface area contributed by atoms with Crippen molar-refractivity contribution in [2.24, 2.45) is 0 Å². The molecule has 0 aliphatic heterocycles. The van der Waals surface area contributed by atoms with Crippen LogP contribution in [0.5, 0.6) is 0 Å². The monoisotopic (exact) mass is 651 g/mol. The van der Waals surface area contributed by atoms with Gasteiger partial charge in [-0.15, -0.1) is 0 Å². The third-order valence-corrected chi connectivity index (χ3v) is 9.27. The van der Waals surface area contributed by atoms with Gasteiger partial charge in [-0.05, 0) is 67.8 Å². The Kier molecular flexibility index (Phi) is 11.1. The number of carbonyl (C=O) groups excluding carboxylic acids is 2. The summed E-state index contributed by atoms with van der Waals surface area (Å²) >= 11 is 12.6. The van der Waals surface area contributed by atoms with E-state index in [2.05, 4.69) is 5.32 Å². The van der Waals surface area contributed by atoms with Crippen LogP contribution in [0.2, 0.25) is 10.0 Å². The molecule has 0 saturated carbocycles. The summed E-state index contributed by atoms with van der Waals surface area (Å²) in [7, 11) is -4.25. The van der Waals surface area contributed by atoms with Gasteiger partial charge in [0.05, 0.1) is 10.6 Å². The van der Waals surface area contributed by atoms with Gasteiger partial charge in [-0.25, -0.2) is 8.42 Å². The number of anilines is 1. The zero-order chi connectivity index (χ0) is 31.9. The van der Waals surface area contributed by atoms with E-state index in [-0.39, 0.29) is 45.5 Å². The van der Waals surface area contributed by atoms with Crippen molar-refractivity contribution in [3.05, 3.63) is 130 Å². The maximum atomic E-state index is 14.5.